The van der Waals surface area contributed by atoms with Crippen molar-refractivity contribution >= 4 is 5.97 Å². The Kier molecular flexibility index (Phi) is 5.15. The lowest BCUT2D eigenvalue weighted by atomic mass is 10.2. The van der Waals surface area contributed by atoms with Gasteiger partial charge in [-0.05, 0) is 50.6 Å². The highest BCUT2D eigenvalue weighted by molar-refractivity contribution is 5.68. The number of carbonyl (C=O) groups excluding carboxylic acids is 1. The van der Waals surface area contributed by atoms with Gasteiger partial charge in [0.25, 0.3) is 5.88 Å². The first kappa shape index (κ1) is 16.5. The SMILES string of the molecule is CC(=O)Oc1coc(-c2ccc(OCCN3CCCC3C)cc2)n1. The second-order valence-electron chi connectivity index (χ2n) is 5.98. The third kappa shape index (κ3) is 4.14. The molecule has 1 aliphatic rings. The Morgan fingerprint density at radius 2 is 2.17 bits per heavy atom. The van der Waals surface area contributed by atoms with E-state index in [0.29, 0.717) is 18.5 Å². The molecule has 0 spiro atoms. The van der Waals surface area contributed by atoms with Crippen LogP contribution in [0.5, 0.6) is 11.6 Å². The third-order valence-corrected chi connectivity index (χ3v) is 4.17. The fourth-order valence-corrected chi connectivity index (χ4v) is 2.89. The van der Waals surface area contributed by atoms with E-state index in [4.69, 9.17) is 13.9 Å². The quantitative estimate of drug-likeness (QED) is 0.758. The van der Waals surface area contributed by atoms with Crippen LogP contribution in [0.2, 0.25) is 0 Å². The van der Waals surface area contributed by atoms with Gasteiger partial charge in [0.05, 0.1) is 0 Å². The van der Waals surface area contributed by atoms with E-state index < -0.39 is 5.97 Å². The van der Waals surface area contributed by atoms with E-state index >= 15 is 0 Å². The lowest BCUT2D eigenvalue weighted by molar-refractivity contribution is -0.132. The summed E-state index contributed by atoms with van der Waals surface area (Å²) in [5, 5.41) is 0. The Bertz CT molecular complexity index is 681. The summed E-state index contributed by atoms with van der Waals surface area (Å²) < 4.78 is 16.0. The molecule has 24 heavy (non-hydrogen) atoms. The maximum atomic E-state index is 10.9. The third-order valence-electron chi connectivity index (χ3n) is 4.17. The molecule has 0 N–H and O–H groups in total. The highest BCUT2D eigenvalue weighted by atomic mass is 16.5. The summed E-state index contributed by atoms with van der Waals surface area (Å²) in [6.07, 6.45) is 3.87. The fourth-order valence-electron chi connectivity index (χ4n) is 2.89. The molecular formula is C18H22N2O4. The van der Waals surface area contributed by atoms with Crippen LogP contribution in [0, 0.1) is 0 Å². The number of esters is 1. The van der Waals surface area contributed by atoms with E-state index in [-0.39, 0.29) is 5.88 Å². The molecule has 3 rings (SSSR count). The van der Waals surface area contributed by atoms with E-state index in [1.165, 1.54) is 26.0 Å². The predicted octanol–water partition coefficient (Wildman–Crippen LogP) is 3.13. The van der Waals surface area contributed by atoms with Crippen LogP contribution in [-0.4, -0.2) is 41.6 Å². The summed E-state index contributed by atoms with van der Waals surface area (Å²) in [6.45, 7) is 6.39. The number of oxazole rings is 1. The van der Waals surface area contributed by atoms with Crippen LogP contribution in [0.15, 0.2) is 34.9 Å². The largest absolute Gasteiger partial charge is 0.492 e. The molecule has 0 bridgehead atoms. The number of ether oxygens (including phenoxy) is 2. The molecule has 1 aliphatic heterocycles. The number of aromatic nitrogens is 1. The van der Waals surface area contributed by atoms with Crippen molar-refractivity contribution in [1.29, 1.82) is 0 Å². The molecule has 2 aromatic rings. The van der Waals surface area contributed by atoms with E-state index in [9.17, 15) is 4.79 Å². The van der Waals surface area contributed by atoms with Crippen molar-refractivity contribution in [3.05, 3.63) is 30.5 Å². The van der Waals surface area contributed by atoms with Gasteiger partial charge >= 0.3 is 5.97 Å². The Morgan fingerprint density at radius 1 is 1.38 bits per heavy atom. The van der Waals surface area contributed by atoms with Crippen LogP contribution in [0.3, 0.4) is 0 Å². The number of likely N-dealkylation sites (tertiary alicyclic amines) is 1. The standard InChI is InChI=1S/C18H22N2O4/c1-13-4-3-9-20(13)10-11-22-16-7-5-15(6-8-16)18-19-17(12-23-18)24-14(2)21/h5-8,12-13H,3-4,9-11H2,1-2H3. The number of carbonyl (C=O) groups is 1. The van der Waals surface area contributed by atoms with Gasteiger partial charge in [-0.15, -0.1) is 0 Å². The summed E-state index contributed by atoms with van der Waals surface area (Å²) in [6, 6.07) is 8.18. The summed E-state index contributed by atoms with van der Waals surface area (Å²) in [4.78, 5) is 17.5. The van der Waals surface area contributed by atoms with Crippen molar-refractivity contribution in [2.75, 3.05) is 19.7 Å². The lowest BCUT2D eigenvalue weighted by Crippen LogP contribution is -2.31. The van der Waals surface area contributed by atoms with Crippen LogP contribution in [-0.2, 0) is 4.79 Å². The second kappa shape index (κ2) is 7.49. The average molecular weight is 330 g/mol. The molecule has 1 unspecified atom stereocenters. The van der Waals surface area contributed by atoms with Crippen LogP contribution in [0.25, 0.3) is 11.5 Å². The number of hydrogen-bond donors (Lipinski definition) is 0. The van der Waals surface area contributed by atoms with Gasteiger partial charge in [0.2, 0.25) is 5.89 Å². The van der Waals surface area contributed by atoms with Gasteiger partial charge in [-0.3, -0.25) is 9.69 Å². The Morgan fingerprint density at radius 3 is 2.83 bits per heavy atom. The number of rotatable bonds is 6. The topological polar surface area (TPSA) is 64.8 Å². The lowest BCUT2D eigenvalue weighted by Gasteiger charge is -2.20. The van der Waals surface area contributed by atoms with Crippen LogP contribution in [0.4, 0.5) is 0 Å². The zero-order chi connectivity index (χ0) is 16.9. The normalized spacial score (nSPS) is 17.8. The minimum Gasteiger partial charge on any atom is -0.492 e. The van der Waals surface area contributed by atoms with Crippen molar-refractivity contribution < 1.29 is 18.7 Å². The highest BCUT2D eigenvalue weighted by Gasteiger charge is 2.19. The van der Waals surface area contributed by atoms with Crippen molar-refractivity contribution in [3.63, 3.8) is 0 Å². The van der Waals surface area contributed by atoms with Crippen molar-refractivity contribution in [3.8, 4) is 23.1 Å². The van der Waals surface area contributed by atoms with E-state index in [1.54, 1.807) is 0 Å². The summed E-state index contributed by atoms with van der Waals surface area (Å²) in [5.74, 6) is 0.963. The Labute approximate surface area is 141 Å². The van der Waals surface area contributed by atoms with Gasteiger partial charge in [0.1, 0.15) is 12.4 Å². The van der Waals surface area contributed by atoms with Crippen molar-refractivity contribution in [2.45, 2.75) is 32.7 Å². The Hall–Kier alpha value is -2.34. The van der Waals surface area contributed by atoms with E-state index in [0.717, 1.165) is 24.4 Å². The van der Waals surface area contributed by atoms with Gasteiger partial charge < -0.3 is 13.9 Å². The molecule has 1 fully saturated rings. The molecule has 6 nitrogen and oxygen atoms in total. The van der Waals surface area contributed by atoms with Gasteiger partial charge in [0.15, 0.2) is 6.26 Å². The van der Waals surface area contributed by atoms with Crippen molar-refractivity contribution in [2.24, 2.45) is 0 Å². The van der Waals surface area contributed by atoms with E-state index in [2.05, 4.69) is 16.8 Å². The number of benzene rings is 1. The van der Waals surface area contributed by atoms with E-state index in [1.807, 2.05) is 24.3 Å². The molecule has 6 heteroatoms. The molecule has 0 saturated carbocycles. The maximum Gasteiger partial charge on any atom is 0.309 e. The molecule has 0 amide bonds. The maximum absolute atomic E-state index is 10.9. The van der Waals surface area contributed by atoms with Gasteiger partial charge in [-0.2, -0.15) is 4.98 Å². The first-order chi connectivity index (χ1) is 11.6. The predicted molar refractivity (Wildman–Crippen MR) is 89.0 cm³/mol. The molecule has 1 aromatic carbocycles. The molecule has 0 radical (unpaired) electrons. The monoisotopic (exact) mass is 330 g/mol. The molecule has 1 atom stereocenters. The molecule has 2 heterocycles. The minimum absolute atomic E-state index is 0.164. The summed E-state index contributed by atoms with van der Waals surface area (Å²) in [5.41, 5.74) is 0.800. The van der Waals surface area contributed by atoms with Crippen molar-refractivity contribution in [1.82, 2.24) is 9.88 Å². The van der Waals surface area contributed by atoms with Crippen LogP contribution < -0.4 is 9.47 Å². The van der Waals surface area contributed by atoms with Gasteiger partial charge in [-0.25, -0.2) is 0 Å². The van der Waals surface area contributed by atoms with Gasteiger partial charge in [0, 0.05) is 25.1 Å². The molecule has 1 saturated heterocycles. The fraction of sp³-hybridized carbons (Fsp3) is 0.444. The first-order valence-electron chi connectivity index (χ1n) is 8.23. The second-order valence-corrected chi connectivity index (χ2v) is 5.98. The summed E-state index contributed by atoms with van der Waals surface area (Å²) >= 11 is 0. The first-order valence-corrected chi connectivity index (χ1v) is 8.23. The summed E-state index contributed by atoms with van der Waals surface area (Å²) in [7, 11) is 0. The van der Waals surface area contributed by atoms with Gasteiger partial charge in [-0.1, -0.05) is 0 Å². The zero-order valence-corrected chi connectivity index (χ0v) is 14.0. The smallest absolute Gasteiger partial charge is 0.309 e. The molecule has 128 valence electrons. The Balaban J connectivity index is 1.53. The molecular weight excluding hydrogens is 308 g/mol. The zero-order valence-electron chi connectivity index (χ0n) is 14.0. The highest BCUT2D eigenvalue weighted by Crippen LogP contribution is 2.24. The molecule has 0 aliphatic carbocycles. The molecule has 1 aromatic heterocycles. The number of hydrogen-bond acceptors (Lipinski definition) is 6. The average Bonchev–Trinajstić information content (AvgIpc) is 3.17. The minimum atomic E-state index is -0.425. The van der Waals surface area contributed by atoms with Crippen LogP contribution in [0.1, 0.15) is 26.7 Å². The number of nitrogens with zero attached hydrogens (tertiary/aromatic N) is 2. The van der Waals surface area contributed by atoms with Crippen LogP contribution >= 0.6 is 0 Å².